The van der Waals surface area contributed by atoms with Gasteiger partial charge in [-0.25, -0.2) is 0 Å². The van der Waals surface area contributed by atoms with Crippen LogP contribution in [0.4, 0.5) is 0 Å². The lowest BCUT2D eigenvalue weighted by molar-refractivity contribution is -0.182. The fraction of sp³-hybridized carbons (Fsp3) is 0.909. The highest BCUT2D eigenvalue weighted by Gasteiger charge is 2.58. The SMILES string of the molecule is COC1(C)CC(NC(=O)C(C)N)C1(C)C.Cl. The molecule has 0 radical (unpaired) electrons. The second kappa shape index (κ2) is 4.90. The predicted octanol–water partition coefficient (Wildman–Crippen LogP) is 1.08. The normalized spacial score (nSPS) is 33.2. The lowest BCUT2D eigenvalue weighted by atomic mass is 9.56. The molecule has 1 fully saturated rings. The Hall–Kier alpha value is -0.320. The minimum atomic E-state index is -0.449. The van der Waals surface area contributed by atoms with Gasteiger partial charge in [0.25, 0.3) is 0 Å². The number of hydrogen-bond acceptors (Lipinski definition) is 3. The van der Waals surface area contributed by atoms with Crippen LogP contribution in [0.2, 0.25) is 0 Å². The summed E-state index contributed by atoms with van der Waals surface area (Å²) in [5.41, 5.74) is 5.31. The zero-order valence-corrected chi connectivity index (χ0v) is 11.5. The van der Waals surface area contributed by atoms with E-state index >= 15 is 0 Å². The molecule has 4 nitrogen and oxygen atoms in total. The lowest BCUT2D eigenvalue weighted by Crippen LogP contribution is -2.69. The van der Waals surface area contributed by atoms with Gasteiger partial charge in [0, 0.05) is 18.6 Å². The van der Waals surface area contributed by atoms with Gasteiger partial charge in [-0.1, -0.05) is 13.8 Å². The molecule has 1 aliphatic rings. The van der Waals surface area contributed by atoms with Gasteiger partial charge in [-0.05, 0) is 20.3 Å². The Morgan fingerprint density at radius 3 is 2.31 bits per heavy atom. The molecular formula is C11H23ClN2O2. The molecule has 3 unspecified atom stereocenters. The molecule has 0 aromatic rings. The molecule has 0 aromatic carbocycles. The second-order valence-corrected chi connectivity index (χ2v) is 5.21. The van der Waals surface area contributed by atoms with Gasteiger partial charge in [0.15, 0.2) is 0 Å². The largest absolute Gasteiger partial charge is 0.378 e. The van der Waals surface area contributed by atoms with Crippen molar-refractivity contribution in [1.29, 1.82) is 0 Å². The number of methoxy groups -OCH3 is 1. The molecule has 0 heterocycles. The Morgan fingerprint density at radius 2 is 2.00 bits per heavy atom. The molecule has 3 N–H and O–H groups in total. The van der Waals surface area contributed by atoms with E-state index in [9.17, 15) is 4.79 Å². The van der Waals surface area contributed by atoms with E-state index in [2.05, 4.69) is 26.1 Å². The number of nitrogens with one attached hydrogen (secondary N) is 1. The summed E-state index contributed by atoms with van der Waals surface area (Å²) >= 11 is 0. The van der Waals surface area contributed by atoms with Crippen LogP contribution in [0.25, 0.3) is 0 Å². The summed E-state index contributed by atoms with van der Waals surface area (Å²) in [6, 6.07) is -0.295. The van der Waals surface area contributed by atoms with E-state index in [4.69, 9.17) is 10.5 Å². The molecule has 0 spiro atoms. The minimum Gasteiger partial charge on any atom is -0.378 e. The van der Waals surface area contributed by atoms with Crippen molar-refractivity contribution in [1.82, 2.24) is 5.32 Å². The number of halogens is 1. The first kappa shape index (κ1) is 15.7. The summed E-state index contributed by atoms with van der Waals surface area (Å²) in [6.07, 6.45) is 0.842. The lowest BCUT2D eigenvalue weighted by Gasteiger charge is -2.59. The number of ether oxygens (including phenoxy) is 1. The smallest absolute Gasteiger partial charge is 0.236 e. The molecule has 1 rings (SSSR count). The predicted molar refractivity (Wildman–Crippen MR) is 66.6 cm³/mol. The van der Waals surface area contributed by atoms with Crippen LogP contribution in [-0.2, 0) is 9.53 Å². The monoisotopic (exact) mass is 250 g/mol. The molecule has 16 heavy (non-hydrogen) atoms. The molecule has 3 atom stereocenters. The number of nitrogens with two attached hydrogens (primary N) is 1. The van der Waals surface area contributed by atoms with E-state index in [0.717, 1.165) is 6.42 Å². The number of carbonyl (C=O) groups is 1. The van der Waals surface area contributed by atoms with Gasteiger partial charge in [-0.2, -0.15) is 0 Å². The van der Waals surface area contributed by atoms with Crippen molar-refractivity contribution in [2.45, 2.75) is 51.8 Å². The minimum absolute atomic E-state index is 0. The van der Waals surface area contributed by atoms with Gasteiger partial charge in [0.2, 0.25) is 5.91 Å². The van der Waals surface area contributed by atoms with Gasteiger partial charge in [-0.3, -0.25) is 4.79 Å². The highest BCUT2D eigenvalue weighted by Crippen LogP contribution is 2.51. The van der Waals surface area contributed by atoms with Crippen molar-refractivity contribution in [3.8, 4) is 0 Å². The Bertz CT molecular complexity index is 269. The second-order valence-electron chi connectivity index (χ2n) is 5.21. The van der Waals surface area contributed by atoms with Gasteiger partial charge in [0.1, 0.15) is 0 Å². The maximum Gasteiger partial charge on any atom is 0.236 e. The fourth-order valence-electron chi connectivity index (χ4n) is 2.03. The van der Waals surface area contributed by atoms with E-state index in [1.807, 2.05) is 0 Å². The molecule has 5 heteroatoms. The van der Waals surface area contributed by atoms with Crippen molar-refractivity contribution >= 4 is 18.3 Å². The van der Waals surface area contributed by atoms with Crippen molar-refractivity contribution in [3.63, 3.8) is 0 Å². The summed E-state index contributed by atoms with van der Waals surface area (Å²) in [5.74, 6) is -0.0915. The number of rotatable bonds is 3. The van der Waals surface area contributed by atoms with E-state index in [1.54, 1.807) is 14.0 Å². The molecule has 0 bridgehead atoms. The third-order valence-electron chi connectivity index (χ3n) is 4.01. The van der Waals surface area contributed by atoms with Crippen molar-refractivity contribution in [3.05, 3.63) is 0 Å². The average molecular weight is 251 g/mol. The third-order valence-corrected chi connectivity index (χ3v) is 4.01. The van der Waals surface area contributed by atoms with Gasteiger partial charge >= 0.3 is 0 Å². The Kier molecular flexibility index (Phi) is 4.80. The van der Waals surface area contributed by atoms with Crippen LogP contribution in [0.1, 0.15) is 34.1 Å². The zero-order chi connectivity index (χ0) is 11.9. The highest BCUT2D eigenvalue weighted by atomic mass is 35.5. The van der Waals surface area contributed by atoms with Crippen LogP contribution in [0.5, 0.6) is 0 Å². The van der Waals surface area contributed by atoms with Gasteiger partial charge in [-0.15, -0.1) is 12.4 Å². The molecule has 0 aliphatic heterocycles. The van der Waals surface area contributed by atoms with E-state index in [-0.39, 0.29) is 35.4 Å². The summed E-state index contributed by atoms with van der Waals surface area (Å²) < 4.78 is 5.48. The first-order valence-electron chi connectivity index (χ1n) is 5.36. The Morgan fingerprint density at radius 1 is 1.50 bits per heavy atom. The van der Waals surface area contributed by atoms with E-state index in [1.165, 1.54) is 0 Å². The highest BCUT2D eigenvalue weighted by molar-refractivity contribution is 5.85. The summed E-state index contributed by atoms with van der Waals surface area (Å²) in [5, 5.41) is 2.95. The van der Waals surface area contributed by atoms with Crippen LogP contribution in [0.3, 0.4) is 0 Å². The zero-order valence-electron chi connectivity index (χ0n) is 10.7. The number of amides is 1. The Labute approximate surface area is 104 Å². The third kappa shape index (κ3) is 2.34. The molecule has 1 aliphatic carbocycles. The van der Waals surface area contributed by atoms with Crippen LogP contribution < -0.4 is 11.1 Å². The standard InChI is InChI=1S/C11H22N2O2.ClH/c1-7(12)9(14)13-8-6-11(4,15-5)10(8,2)3;/h7-8H,6,12H2,1-5H3,(H,13,14);1H. The first-order chi connectivity index (χ1) is 6.74. The molecule has 0 saturated heterocycles. The molecule has 1 amide bonds. The first-order valence-corrected chi connectivity index (χ1v) is 5.36. The van der Waals surface area contributed by atoms with Gasteiger partial charge < -0.3 is 15.8 Å². The maximum absolute atomic E-state index is 11.5. The van der Waals surface area contributed by atoms with Crippen LogP contribution >= 0.6 is 12.4 Å². The maximum atomic E-state index is 11.5. The van der Waals surface area contributed by atoms with E-state index < -0.39 is 6.04 Å². The quantitative estimate of drug-likeness (QED) is 0.788. The van der Waals surface area contributed by atoms with E-state index in [0.29, 0.717) is 0 Å². The molecule has 1 saturated carbocycles. The van der Waals surface area contributed by atoms with Crippen molar-refractivity contribution in [2.24, 2.45) is 11.1 Å². The topological polar surface area (TPSA) is 64.3 Å². The number of hydrogen-bond donors (Lipinski definition) is 2. The fourth-order valence-corrected chi connectivity index (χ4v) is 2.03. The average Bonchev–Trinajstić information content (AvgIpc) is 2.16. The van der Waals surface area contributed by atoms with Crippen LogP contribution in [0.15, 0.2) is 0 Å². The summed E-state index contributed by atoms with van der Waals surface area (Å²) in [6.45, 7) is 7.97. The molecular weight excluding hydrogens is 228 g/mol. The van der Waals surface area contributed by atoms with Crippen molar-refractivity contribution < 1.29 is 9.53 Å². The molecule has 0 aromatic heterocycles. The van der Waals surface area contributed by atoms with Crippen LogP contribution in [-0.4, -0.2) is 30.7 Å². The molecule has 96 valence electrons. The van der Waals surface area contributed by atoms with Crippen LogP contribution in [0, 0.1) is 5.41 Å². The number of carbonyl (C=O) groups excluding carboxylic acids is 1. The van der Waals surface area contributed by atoms with Crippen molar-refractivity contribution in [2.75, 3.05) is 7.11 Å². The summed E-state index contributed by atoms with van der Waals surface area (Å²) in [7, 11) is 1.71. The van der Waals surface area contributed by atoms with Gasteiger partial charge in [0.05, 0.1) is 11.6 Å². The summed E-state index contributed by atoms with van der Waals surface area (Å²) in [4.78, 5) is 11.5. The Balaban J connectivity index is 0.00000225.